The molecule has 0 aliphatic rings. The molecule has 1 unspecified atom stereocenters. The van der Waals surface area contributed by atoms with Gasteiger partial charge in [-0.05, 0) is 12.1 Å². The van der Waals surface area contributed by atoms with Gasteiger partial charge in [0, 0.05) is 0 Å². The molecule has 0 nitrogen and oxygen atoms in total. The smallest absolute Gasteiger partial charge is 0.156 e. The number of halogens is 1. The predicted octanol–water partition coefficient (Wildman–Crippen LogP) is 3.01. The molecule has 2 heteroatoms. The van der Waals surface area contributed by atoms with Crippen molar-refractivity contribution in [2.75, 3.05) is 0 Å². The maximum atomic E-state index is 6.09. The van der Waals surface area contributed by atoms with Crippen LogP contribution in [0.3, 0.4) is 0 Å². The molecule has 0 aliphatic heterocycles. The van der Waals surface area contributed by atoms with Crippen molar-refractivity contribution in [2.45, 2.75) is 25.6 Å². The summed E-state index contributed by atoms with van der Waals surface area (Å²) in [7, 11) is -1.32. The van der Waals surface area contributed by atoms with Crippen LogP contribution in [0.1, 0.15) is 6.92 Å². The second-order valence-corrected chi connectivity index (χ2v) is 8.94. The second-order valence-electron chi connectivity index (χ2n) is 2.26. The number of allylic oxidation sites excluding steroid dienone is 1. The van der Waals surface area contributed by atoms with Crippen LogP contribution in [0.5, 0.6) is 0 Å². The summed E-state index contributed by atoms with van der Waals surface area (Å²) in [6.07, 6.45) is 1.92. The summed E-state index contributed by atoms with van der Waals surface area (Å²) in [4.78, 5) is 0. The minimum Gasteiger partial charge on any atom is -0.167 e. The van der Waals surface area contributed by atoms with Crippen molar-refractivity contribution in [1.82, 2.24) is 0 Å². The van der Waals surface area contributed by atoms with E-state index in [1.807, 2.05) is 6.08 Å². The third-order valence-electron chi connectivity index (χ3n) is 1.31. The van der Waals surface area contributed by atoms with E-state index in [1.165, 1.54) is 0 Å². The highest BCUT2D eigenvalue weighted by atomic mass is 35.6. The molecular weight excluding hydrogens is 136 g/mol. The number of rotatable bonds is 3. The van der Waals surface area contributed by atoms with E-state index in [4.69, 9.17) is 11.1 Å². The zero-order chi connectivity index (χ0) is 6.62. The Morgan fingerprint density at radius 3 is 2.38 bits per heavy atom. The van der Waals surface area contributed by atoms with Gasteiger partial charge in [0.25, 0.3) is 0 Å². The Bertz CT molecular complexity index is 78.6. The average molecular weight is 149 g/mol. The lowest BCUT2D eigenvalue weighted by Crippen LogP contribution is -2.18. The van der Waals surface area contributed by atoms with E-state index in [0.717, 1.165) is 12.1 Å². The molecule has 0 N–H and O–H groups in total. The Morgan fingerprint density at radius 2 is 2.25 bits per heavy atom. The second kappa shape index (κ2) is 3.31. The van der Waals surface area contributed by atoms with Gasteiger partial charge in [0.05, 0.1) is 0 Å². The van der Waals surface area contributed by atoms with Crippen molar-refractivity contribution < 1.29 is 0 Å². The first-order valence-electron chi connectivity index (χ1n) is 2.92. The lowest BCUT2D eigenvalue weighted by atomic mass is 10.8. The highest BCUT2D eigenvalue weighted by molar-refractivity contribution is 7.19. The van der Waals surface area contributed by atoms with Crippen molar-refractivity contribution in [3.05, 3.63) is 12.7 Å². The molecule has 0 radical (unpaired) electrons. The van der Waals surface area contributed by atoms with E-state index in [0.29, 0.717) is 0 Å². The molecule has 48 valence electrons. The number of hydrogen-bond acceptors (Lipinski definition) is 0. The lowest BCUT2D eigenvalue weighted by molar-refractivity contribution is 1.36. The molecule has 0 aliphatic carbocycles. The minimum atomic E-state index is -1.32. The zero-order valence-electron chi connectivity index (χ0n) is 5.58. The van der Waals surface area contributed by atoms with E-state index in [1.54, 1.807) is 0 Å². The van der Waals surface area contributed by atoms with Gasteiger partial charge in [0.15, 0.2) is 7.38 Å². The van der Waals surface area contributed by atoms with Crippen molar-refractivity contribution in [2.24, 2.45) is 0 Å². The fourth-order valence-corrected chi connectivity index (χ4v) is 1.66. The van der Waals surface area contributed by atoms with Crippen molar-refractivity contribution in [3.63, 3.8) is 0 Å². The summed E-state index contributed by atoms with van der Waals surface area (Å²) in [6, 6.07) is 2.17. The van der Waals surface area contributed by atoms with Crippen molar-refractivity contribution in [1.29, 1.82) is 0 Å². The summed E-state index contributed by atoms with van der Waals surface area (Å²) >= 11 is 6.09. The first kappa shape index (κ1) is 8.25. The Hall–Kier alpha value is 0.247. The summed E-state index contributed by atoms with van der Waals surface area (Å²) in [5.74, 6) is 0. The van der Waals surface area contributed by atoms with Crippen LogP contribution in [0.15, 0.2) is 12.7 Å². The zero-order valence-corrected chi connectivity index (χ0v) is 7.33. The molecule has 0 heterocycles. The van der Waals surface area contributed by atoms with Crippen LogP contribution in [-0.2, 0) is 0 Å². The topological polar surface area (TPSA) is 0 Å². The minimum absolute atomic E-state index is 1.03. The fraction of sp³-hybridized carbons (Fsp3) is 0.667. The van der Waals surface area contributed by atoms with Gasteiger partial charge in [-0.1, -0.05) is 19.5 Å². The highest BCUT2D eigenvalue weighted by Crippen LogP contribution is 2.19. The summed E-state index contributed by atoms with van der Waals surface area (Å²) < 4.78 is 0. The Kier molecular flexibility index (Phi) is 3.41. The summed E-state index contributed by atoms with van der Waals surface area (Å²) in [6.45, 7) is 7.95. The molecule has 0 saturated carbocycles. The molecule has 0 aromatic rings. The molecule has 0 saturated heterocycles. The van der Waals surface area contributed by atoms with Gasteiger partial charge in [-0.25, -0.2) is 0 Å². The van der Waals surface area contributed by atoms with Gasteiger partial charge >= 0.3 is 0 Å². The van der Waals surface area contributed by atoms with Crippen LogP contribution in [0.25, 0.3) is 0 Å². The number of hydrogen-bond donors (Lipinski definition) is 0. The molecule has 1 atom stereocenters. The van der Waals surface area contributed by atoms with Gasteiger partial charge in [-0.3, -0.25) is 0 Å². The van der Waals surface area contributed by atoms with Crippen molar-refractivity contribution in [3.8, 4) is 0 Å². The van der Waals surface area contributed by atoms with Crippen LogP contribution in [0.2, 0.25) is 18.6 Å². The van der Waals surface area contributed by atoms with E-state index in [9.17, 15) is 0 Å². The van der Waals surface area contributed by atoms with Crippen LogP contribution < -0.4 is 0 Å². The predicted molar refractivity (Wildman–Crippen MR) is 43.0 cm³/mol. The van der Waals surface area contributed by atoms with Gasteiger partial charge in [-0.2, -0.15) is 11.1 Å². The molecule has 8 heavy (non-hydrogen) atoms. The summed E-state index contributed by atoms with van der Waals surface area (Å²) in [5.41, 5.74) is 0. The Balaban J connectivity index is 3.53. The van der Waals surface area contributed by atoms with Crippen molar-refractivity contribution >= 4 is 18.5 Å². The third kappa shape index (κ3) is 3.27. The first-order chi connectivity index (χ1) is 3.62. The van der Waals surface area contributed by atoms with E-state index < -0.39 is 7.38 Å². The molecule has 0 bridgehead atoms. The highest BCUT2D eigenvalue weighted by Gasteiger charge is 2.18. The quantitative estimate of drug-likeness (QED) is 0.328. The normalized spacial score (nSPS) is 17.4. The van der Waals surface area contributed by atoms with E-state index in [-0.39, 0.29) is 0 Å². The Morgan fingerprint density at radius 1 is 1.75 bits per heavy atom. The van der Waals surface area contributed by atoms with Crippen LogP contribution in [-0.4, -0.2) is 7.38 Å². The van der Waals surface area contributed by atoms with Crippen LogP contribution in [0.4, 0.5) is 0 Å². The third-order valence-corrected chi connectivity index (χ3v) is 5.19. The molecule has 0 rings (SSSR count). The SMILES string of the molecule is C=CC[Si](C)(Cl)CC. The molecule has 0 aromatic carbocycles. The lowest BCUT2D eigenvalue weighted by Gasteiger charge is -2.12. The first-order valence-corrected chi connectivity index (χ1v) is 6.85. The monoisotopic (exact) mass is 148 g/mol. The van der Waals surface area contributed by atoms with Gasteiger partial charge in [0.2, 0.25) is 0 Å². The van der Waals surface area contributed by atoms with E-state index in [2.05, 4.69) is 20.0 Å². The maximum absolute atomic E-state index is 6.09. The van der Waals surface area contributed by atoms with Gasteiger partial charge in [0.1, 0.15) is 0 Å². The van der Waals surface area contributed by atoms with Crippen LogP contribution in [0, 0.1) is 0 Å². The maximum Gasteiger partial charge on any atom is 0.156 e. The molecular formula is C6H13ClSi. The van der Waals surface area contributed by atoms with Gasteiger partial charge < -0.3 is 0 Å². The summed E-state index contributed by atoms with van der Waals surface area (Å²) in [5, 5.41) is 0. The molecule has 0 amide bonds. The fourth-order valence-electron chi connectivity index (χ4n) is 0.445. The van der Waals surface area contributed by atoms with E-state index >= 15 is 0 Å². The molecule has 0 fully saturated rings. The standard InChI is InChI=1S/C6H13ClSi/c1-4-6-8(3,7)5-2/h4H,1,5-6H2,2-3H3. The Labute approximate surface area is 57.3 Å². The average Bonchev–Trinajstić information content (AvgIpc) is 1.67. The molecule has 0 aromatic heterocycles. The van der Waals surface area contributed by atoms with Crippen LogP contribution >= 0.6 is 11.1 Å². The largest absolute Gasteiger partial charge is 0.167 e. The molecule has 0 spiro atoms. The van der Waals surface area contributed by atoms with Gasteiger partial charge in [-0.15, -0.1) is 6.58 Å².